The number of aliphatic hydroxyl groups is 1. The summed E-state index contributed by atoms with van der Waals surface area (Å²) in [4.78, 5) is 28.4. The van der Waals surface area contributed by atoms with Crippen molar-refractivity contribution in [3.05, 3.63) is 37.5 Å². The standard InChI is InChI=1S/C20H22INO6S/c1-5-15(23)22-19-16(20(25)28-7-3)17(24)14(29-19)10-11-8-12(21)18(26-4)13(9-11)27-6-2/h8-10,24H,5-7H2,1-4H3/b14-10-,22-19?. The number of aliphatic hydroxyl groups excluding tert-OH is 1. The van der Waals surface area contributed by atoms with Crippen molar-refractivity contribution in [3.8, 4) is 11.5 Å². The van der Waals surface area contributed by atoms with Gasteiger partial charge < -0.3 is 19.3 Å². The normalized spacial score (nSPS) is 16.4. The zero-order valence-corrected chi connectivity index (χ0v) is 19.5. The van der Waals surface area contributed by atoms with E-state index in [0.29, 0.717) is 23.0 Å². The Kier molecular flexibility index (Phi) is 8.57. The lowest BCUT2D eigenvalue weighted by Crippen LogP contribution is -2.14. The van der Waals surface area contributed by atoms with E-state index in [9.17, 15) is 14.7 Å². The molecule has 1 aliphatic heterocycles. The van der Waals surface area contributed by atoms with Gasteiger partial charge in [-0.05, 0) is 60.2 Å². The van der Waals surface area contributed by atoms with Crippen LogP contribution in [0, 0.1) is 3.57 Å². The fourth-order valence-corrected chi connectivity index (χ4v) is 4.34. The number of hydrogen-bond acceptors (Lipinski definition) is 7. The summed E-state index contributed by atoms with van der Waals surface area (Å²) in [6, 6.07) is 3.64. The Morgan fingerprint density at radius 2 is 1.97 bits per heavy atom. The zero-order chi connectivity index (χ0) is 21.6. The molecule has 29 heavy (non-hydrogen) atoms. The first-order chi connectivity index (χ1) is 13.9. The molecular weight excluding hydrogens is 509 g/mol. The Balaban J connectivity index is 2.54. The summed E-state index contributed by atoms with van der Waals surface area (Å²) in [6.45, 7) is 5.82. The molecule has 0 saturated carbocycles. The van der Waals surface area contributed by atoms with Gasteiger partial charge in [-0.25, -0.2) is 9.79 Å². The number of halogens is 1. The van der Waals surface area contributed by atoms with Crippen LogP contribution in [0.2, 0.25) is 0 Å². The van der Waals surface area contributed by atoms with E-state index in [1.54, 1.807) is 33.1 Å². The lowest BCUT2D eigenvalue weighted by atomic mass is 10.1. The van der Waals surface area contributed by atoms with Crippen LogP contribution >= 0.6 is 34.4 Å². The van der Waals surface area contributed by atoms with Crippen molar-refractivity contribution in [2.45, 2.75) is 27.2 Å². The van der Waals surface area contributed by atoms with Crippen LogP contribution in [-0.2, 0) is 14.3 Å². The first-order valence-corrected chi connectivity index (χ1v) is 10.9. The Morgan fingerprint density at radius 1 is 1.24 bits per heavy atom. The molecule has 0 saturated heterocycles. The molecule has 0 aromatic heterocycles. The Morgan fingerprint density at radius 3 is 2.55 bits per heavy atom. The van der Waals surface area contributed by atoms with Crippen molar-refractivity contribution in [1.82, 2.24) is 0 Å². The van der Waals surface area contributed by atoms with Crippen molar-refractivity contribution in [3.63, 3.8) is 0 Å². The lowest BCUT2D eigenvalue weighted by Gasteiger charge is -2.12. The largest absolute Gasteiger partial charge is 0.506 e. The molecule has 0 fully saturated rings. The molecule has 9 heteroatoms. The molecule has 2 rings (SSSR count). The second kappa shape index (κ2) is 10.7. The first kappa shape index (κ1) is 23.3. The van der Waals surface area contributed by atoms with Crippen LogP contribution in [0.1, 0.15) is 32.8 Å². The number of amides is 1. The number of hydrogen-bond donors (Lipinski definition) is 1. The molecule has 0 aliphatic carbocycles. The molecule has 1 aromatic rings. The molecule has 0 unspecified atom stereocenters. The number of thioether (sulfide) groups is 1. The second-order valence-electron chi connectivity index (χ2n) is 5.69. The third-order valence-electron chi connectivity index (χ3n) is 3.73. The Labute approximate surface area is 187 Å². The molecule has 1 amide bonds. The minimum absolute atomic E-state index is 0.0989. The van der Waals surface area contributed by atoms with Crippen LogP contribution in [0.3, 0.4) is 0 Å². The van der Waals surface area contributed by atoms with E-state index >= 15 is 0 Å². The van der Waals surface area contributed by atoms with Gasteiger partial charge in [0.15, 0.2) is 11.5 Å². The van der Waals surface area contributed by atoms with Crippen molar-refractivity contribution >= 4 is 57.3 Å². The molecule has 7 nitrogen and oxygen atoms in total. The highest BCUT2D eigenvalue weighted by molar-refractivity contribution is 14.1. The number of nitrogens with zero attached hydrogens (tertiary/aromatic N) is 1. The number of rotatable bonds is 7. The van der Waals surface area contributed by atoms with Gasteiger partial charge in [0.2, 0.25) is 5.91 Å². The number of methoxy groups -OCH3 is 1. The lowest BCUT2D eigenvalue weighted by molar-refractivity contribution is -0.138. The highest BCUT2D eigenvalue weighted by atomic mass is 127. The predicted octanol–water partition coefficient (Wildman–Crippen LogP) is 4.50. The van der Waals surface area contributed by atoms with Gasteiger partial charge in [-0.3, -0.25) is 4.79 Å². The van der Waals surface area contributed by atoms with E-state index in [2.05, 4.69) is 27.6 Å². The first-order valence-electron chi connectivity index (χ1n) is 8.98. The van der Waals surface area contributed by atoms with Gasteiger partial charge in [-0.2, -0.15) is 0 Å². The molecule has 0 bridgehead atoms. The quantitative estimate of drug-likeness (QED) is 0.409. The van der Waals surface area contributed by atoms with Gasteiger partial charge in [0.1, 0.15) is 16.4 Å². The minimum Gasteiger partial charge on any atom is -0.506 e. The fourth-order valence-electron chi connectivity index (χ4n) is 2.47. The average Bonchev–Trinajstić information content (AvgIpc) is 2.97. The molecule has 1 heterocycles. The van der Waals surface area contributed by atoms with E-state index in [1.807, 2.05) is 13.0 Å². The van der Waals surface area contributed by atoms with Crippen LogP contribution in [0.25, 0.3) is 6.08 Å². The average molecular weight is 531 g/mol. The van der Waals surface area contributed by atoms with Gasteiger partial charge in [0, 0.05) is 6.42 Å². The van der Waals surface area contributed by atoms with Gasteiger partial charge in [-0.15, -0.1) is 0 Å². The monoisotopic (exact) mass is 531 g/mol. The Bertz CT molecular complexity index is 906. The third-order valence-corrected chi connectivity index (χ3v) is 5.55. The molecule has 0 atom stereocenters. The van der Waals surface area contributed by atoms with Crippen LogP contribution < -0.4 is 9.47 Å². The number of carbonyl (C=O) groups is 2. The Hall–Kier alpha value is -2.01. The van der Waals surface area contributed by atoms with Crippen molar-refractivity contribution in [1.29, 1.82) is 0 Å². The summed E-state index contributed by atoms with van der Waals surface area (Å²) in [6.07, 6.45) is 1.89. The fraction of sp³-hybridized carbons (Fsp3) is 0.350. The molecule has 1 aliphatic rings. The van der Waals surface area contributed by atoms with E-state index in [4.69, 9.17) is 14.2 Å². The summed E-state index contributed by atoms with van der Waals surface area (Å²) in [5, 5.41) is 10.8. The number of esters is 1. The number of ether oxygens (including phenoxy) is 3. The summed E-state index contributed by atoms with van der Waals surface area (Å²) < 4.78 is 16.9. The topological polar surface area (TPSA) is 94.4 Å². The van der Waals surface area contributed by atoms with Crippen molar-refractivity contribution < 1.29 is 28.9 Å². The third kappa shape index (κ3) is 5.53. The van der Waals surface area contributed by atoms with Crippen molar-refractivity contribution in [2.24, 2.45) is 4.99 Å². The van der Waals surface area contributed by atoms with Gasteiger partial charge in [0.25, 0.3) is 0 Å². The molecule has 0 spiro atoms. The summed E-state index contributed by atoms with van der Waals surface area (Å²) in [5.74, 6) is -0.180. The molecule has 156 valence electrons. The number of aliphatic imine (C=N–C) groups is 1. The van der Waals surface area contributed by atoms with Gasteiger partial charge in [-0.1, -0.05) is 18.7 Å². The van der Waals surface area contributed by atoms with Crippen LogP contribution in [-0.4, -0.2) is 42.4 Å². The van der Waals surface area contributed by atoms with Gasteiger partial charge in [0.05, 0.1) is 28.8 Å². The van der Waals surface area contributed by atoms with Crippen LogP contribution in [0.15, 0.2) is 33.4 Å². The maximum absolute atomic E-state index is 12.3. The molecule has 0 radical (unpaired) electrons. The predicted molar refractivity (Wildman–Crippen MR) is 121 cm³/mol. The van der Waals surface area contributed by atoms with Crippen LogP contribution in [0.5, 0.6) is 11.5 Å². The van der Waals surface area contributed by atoms with Gasteiger partial charge >= 0.3 is 5.97 Å². The highest BCUT2D eigenvalue weighted by Crippen LogP contribution is 2.41. The smallest absolute Gasteiger partial charge is 0.344 e. The van der Waals surface area contributed by atoms with Crippen molar-refractivity contribution in [2.75, 3.05) is 20.3 Å². The SMILES string of the molecule is CCOC(=O)C1=C(O)/C(=C/c2cc(I)c(OC)c(OCC)c2)SC1=NC(=O)CC. The minimum atomic E-state index is -0.720. The second-order valence-corrected chi connectivity index (χ2v) is 7.88. The summed E-state index contributed by atoms with van der Waals surface area (Å²) in [7, 11) is 1.57. The number of carbonyl (C=O) groups excluding carboxylic acids is 2. The van der Waals surface area contributed by atoms with E-state index in [1.165, 1.54) is 0 Å². The maximum atomic E-state index is 12.3. The molecule has 1 aromatic carbocycles. The van der Waals surface area contributed by atoms with E-state index in [0.717, 1.165) is 20.9 Å². The highest BCUT2D eigenvalue weighted by Gasteiger charge is 2.33. The summed E-state index contributed by atoms with van der Waals surface area (Å²) >= 11 is 3.18. The maximum Gasteiger partial charge on any atom is 0.344 e. The number of benzene rings is 1. The molecular formula is C20H22INO6S. The zero-order valence-electron chi connectivity index (χ0n) is 16.6. The van der Waals surface area contributed by atoms with E-state index in [-0.39, 0.29) is 35.3 Å². The summed E-state index contributed by atoms with van der Waals surface area (Å²) in [5.41, 5.74) is 0.636. The molecule has 1 N–H and O–H groups in total. The van der Waals surface area contributed by atoms with Crippen LogP contribution in [0.4, 0.5) is 0 Å². The van der Waals surface area contributed by atoms with E-state index < -0.39 is 5.97 Å².